The third-order valence-electron chi connectivity index (χ3n) is 25.7. The topological polar surface area (TPSA) is 378 Å². The van der Waals surface area contributed by atoms with Gasteiger partial charge in [-0.15, -0.1) is 67.1 Å². The maximum absolute atomic E-state index is 14.1. The number of imide groups is 6. The number of phenols is 4. The van der Waals surface area contributed by atoms with Crippen molar-refractivity contribution in [3.05, 3.63) is 117 Å². The van der Waals surface area contributed by atoms with Crippen LogP contribution < -0.4 is 26.6 Å². The number of hydrogen-bond acceptors (Lipinski definition) is 25. The fourth-order valence-electron chi connectivity index (χ4n) is 17.2. The predicted molar refractivity (Wildman–Crippen MR) is 590 cm³/mol. The van der Waals surface area contributed by atoms with Crippen LogP contribution in [0.5, 0.6) is 23.0 Å². The van der Waals surface area contributed by atoms with Crippen LogP contribution in [-0.4, -0.2) is 350 Å². The van der Waals surface area contributed by atoms with E-state index in [0.29, 0.717) is 147 Å². The molecule has 0 bridgehead atoms. The first kappa shape index (κ1) is 111. The Morgan fingerprint density at radius 2 is 0.542 bits per heavy atom. The van der Waals surface area contributed by atoms with Crippen LogP contribution in [0.25, 0.3) is 0 Å². The van der Waals surface area contributed by atoms with E-state index in [1.807, 2.05) is 71.2 Å². The molecule has 4 aromatic rings. The zero-order chi connectivity index (χ0) is 95.6. The molecule has 12 atom stereocenters. The number of likely N-dealkylation sites (tertiary alicyclic amines) is 6. The Kier molecular flexibility index (Phi) is 44.1. The van der Waals surface area contributed by atoms with Crippen molar-refractivity contribution in [1.29, 1.82) is 0 Å². The highest BCUT2D eigenvalue weighted by atomic mass is 127. The number of aromatic hydroxyl groups is 4. The highest BCUT2D eigenvalue weighted by molar-refractivity contribution is 14.2. The molecule has 6 fully saturated rings. The van der Waals surface area contributed by atoms with Crippen LogP contribution >= 0.6 is 177 Å². The summed E-state index contributed by atoms with van der Waals surface area (Å²) in [5, 5.41) is 64.7. The quantitative estimate of drug-likeness (QED) is 0.00887. The number of hydrogen-bond donors (Lipinski definition) is 9. The number of benzene rings is 4. The monoisotopic (exact) mass is 2580 g/mol. The molecule has 0 aromatic heterocycles. The van der Waals surface area contributed by atoms with Gasteiger partial charge in [-0.2, -0.15) is 27.4 Å². The zero-order valence-electron chi connectivity index (χ0n) is 75.2. The minimum atomic E-state index is -0.746. The fraction of sp³-hybridized carbons (Fsp3) is 0.561. The van der Waals surface area contributed by atoms with Gasteiger partial charge in [-0.1, -0.05) is 134 Å². The van der Waals surface area contributed by atoms with Crippen LogP contribution in [0.1, 0.15) is 111 Å². The number of rotatable bonds is 54. The minimum absolute atomic E-state index is 0.0192. The number of carbonyl (C=O) groups excluding carboxylic acids is 12. The number of halogens is 6. The molecule has 0 spiro atoms. The number of carbonyl (C=O) groups is 12. The summed E-state index contributed by atoms with van der Waals surface area (Å²) in [5.74, 6) is -3.22. The van der Waals surface area contributed by atoms with Crippen LogP contribution in [0.15, 0.2) is 72.8 Å². The van der Waals surface area contributed by atoms with Crippen molar-refractivity contribution < 1.29 is 78.0 Å². The van der Waals surface area contributed by atoms with Gasteiger partial charge in [0.15, 0.2) is 0 Å². The lowest BCUT2D eigenvalue weighted by atomic mass is 9.77. The summed E-state index contributed by atoms with van der Waals surface area (Å²) in [6, 6.07) is 22.2. The Bertz CT molecular complexity index is 4690. The van der Waals surface area contributed by atoms with Gasteiger partial charge in [0, 0.05) is 272 Å². The van der Waals surface area contributed by atoms with E-state index in [9.17, 15) is 78.0 Å². The second kappa shape index (κ2) is 52.1. The van der Waals surface area contributed by atoms with E-state index in [4.69, 9.17) is 0 Å². The molecule has 0 aliphatic carbocycles. The van der Waals surface area contributed by atoms with Crippen molar-refractivity contribution in [3.63, 3.8) is 0 Å². The molecule has 10 rings (SSSR count). The van der Waals surface area contributed by atoms with E-state index >= 15 is 0 Å². The van der Waals surface area contributed by atoms with Gasteiger partial charge in [-0.3, -0.25) is 107 Å². The van der Waals surface area contributed by atoms with Gasteiger partial charge in [0.1, 0.15) is 45.7 Å². The molecule has 0 saturated carbocycles. The Hall–Kier alpha value is -2.09. The van der Waals surface area contributed by atoms with E-state index in [1.165, 1.54) is 29.4 Å². The molecular formula is C82H119B6I6N15O16P6. The summed E-state index contributed by atoms with van der Waals surface area (Å²) in [7, 11) is 13.9. The molecule has 6 saturated heterocycles. The molecule has 49 heteroatoms. The summed E-state index contributed by atoms with van der Waals surface area (Å²) in [4.78, 5) is 176. The smallest absolute Gasteiger partial charge is 0.252 e. The number of amides is 12. The molecule has 708 valence electrons. The van der Waals surface area contributed by atoms with Crippen molar-refractivity contribution in [2.45, 2.75) is 138 Å². The Balaban J connectivity index is 0.879. The molecule has 9 N–H and O–H groups in total. The number of nitrogens with one attached hydrogen (secondary N) is 5. The van der Waals surface area contributed by atoms with Gasteiger partial charge < -0.3 is 47.0 Å². The average molecular weight is 2580 g/mol. The van der Waals surface area contributed by atoms with Crippen LogP contribution in [0.3, 0.4) is 0 Å². The molecule has 31 nitrogen and oxygen atoms in total. The standard InChI is InChI=1S/C82H119B6I6N15O16P6/c1-81(2,55-5-9-62(110)51(37-55)47-100(23-13-95-18-28-104-69(114)41-59(75(104)120)86(89)126)25-15-97-20-30-106-72(117)44-66(78(106)123)129(83)92)57-7-11-64(112)53(39-57)49-102(27-17-99-22-32-108-74(119)46-68(80(108)125)131(85)94)33-34-103(35-36-109-71(116)43-61(77(109)122)88(91)128)50-54-40-58(8-12-65(54)113)82(3,4)56-6-10-63(111)52(38-56)48-101(24-14-96-19-29-105-70(115)42-60(76(105)121)87(90)127)26-16-98-21-31-107-73(118)45-67(79(107)124)130(84)93/h5-12,37-40,59-61,66-68,95-99,110-113H,13-36,41-50,83-85,126-128H2,1-4H3. The fourth-order valence-corrected chi connectivity index (χ4v) is 26.2. The lowest BCUT2D eigenvalue weighted by Gasteiger charge is -2.31. The molecule has 12 unspecified atom stereocenters. The van der Waals surface area contributed by atoms with Crippen LogP contribution in [0.4, 0.5) is 0 Å². The van der Waals surface area contributed by atoms with Crippen LogP contribution in [-0.2, 0) is 94.5 Å². The van der Waals surface area contributed by atoms with E-state index in [0.717, 1.165) is 22.3 Å². The van der Waals surface area contributed by atoms with E-state index in [2.05, 4.69) is 234 Å². The van der Waals surface area contributed by atoms with Gasteiger partial charge >= 0.3 is 0 Å². The Morgan fingerprint density at radius 3 is 0.756 bits per heavy atom. The highest BCUT2D eigenvalue weighted by Crippen LogP contribution is 2.52. The second-order valence-corrected chi connectivity index (χ2v) is 64.5. The molecule has 4 aromatic carbocycles. The third-order valence-corrected chi connectivity index (χ3v) is 39.5. The Morgan fingerprint density at radius 1 is 0.336 bits per heavy atom. The van der Waals surface area contributed by atoms with Crippen LogP contribution in [0.2, 0.25) is 17.5 Å². The van der Waals surface area contributed by atoms with Crippen LogP contribution in [0, 0.1) is 0 Å². The first-order chi connectivity index (χ1) is 62.1. The SMILES string of the molecule is BP(I)C1CC(=O)N(CCNCCN(CCNCCN2C(=O)CC(B(P)I)C2=O)Cc2cc(C(C)(C)c3ccc(O)c(CN(CCNCCN4C(=O)CC(P(B)I)C4=O)CCN(CCN4C(=O)CC(B(P)I)C4=O)Cc4cc(C(C)(C)c5ccc(O)c(CN(CCNCCN6C(=O)CC(B(P)I)C6=O)CCNCCN6C(=O)CC(P(B)I)C6=O)c5)ccc4O)c3)ccc2O)C1=O. The normalized spacial score (nSPS) is 20.2. The maximum atomic E-state index is 14.1. The molecule has 131 heavy (non-hydrogen) atoms. The van der Waals surface area contributed by atoms with Crippen molar-refractivity contribution in [3.8, 4) is 23.0 Å². The average Bonchev–Trinajstić information content (AvgIpc) is 1.67. The maximum Gasteiger partial charge on any atom is 0.252 e. The summed E-state index contributed by atoms with van der Waals surface area (Å²) in [6.07, 6.45) is 1.07. The summed E-state index contributed by atoms with van der Waals surface area (Å²) >= 11 is 13.2. The summed E-state index contributed by atoms with van der Waals surface area (Å²) in [5.41, 5.74) is 1.56. The highest BCUT2D eigenvalue weighted by Gasteiger charge is 2.47. The molecule has 6 aliphatic heterocycles. The van der Waals surface area contributed by atoms with Gasteiger partial charge in [-0.05, 0) is 70.8 Å². The Labute approximate surface area is 862 Å². The van der Waals surface area contributed by atoms with Crippen molar-refractivity contribution >= 4 is 283 Å². The zero-order valence-corrected chi connectivity index (χ0v) is 94.3. The molecular weight excluding hydrogens is 2460 g/mol. The van der Waals surface area contributed by atoms with Crippen molar-refractivity contribution in [2.24, 2.45) is 0 Å². The van der Waals surface area contributed by atoms with E-state index in [-0.39, 0.29) is 233 Å². The summed E-state index contributed by atoms with van der Waals surface area (Å²) in [6.45, 7) is 18.2. The summed E-state index contributed by atoms with van der Waals surface area (Å²) < 4.78 is -0.313. The number of nitrogens with zero attached hydrogens (tertiary/aromatic N) is 10. The molecule has 6 heterocycles. The lowest BCUT2D eigenvalue weighted by Crippen LogP contribution is -2.43. The number of phenolic OH excluding ortho intramolecular Hbond substituents is 4. The van der Waals surface area contributed by atoms with Gasteiger partial charge in [0.2, 0.25) is 70.9 Å². The van der Waals surface area contributed by atoms with E-state index < -0.39 is 33.0 Å². The van der Waals surface area contributed by atoms with Gasteiger partial charge in [0.25, 0.3) is 12.9 Å². The van der Waals surface area contributed by atoms with Gasteiger partial charge in [-0.25, -0.2) is 0 Å². The largest absolute Gasteiger partial charge is 0.508 e. The van der Waals surface area contributed by atoms with Crippen molar-refractivity contribution in [1.82, 2.24) is 75.6 Å². The third kappa shape index (κ3) is 30.0. The van der Waals surface area contributed by atoms with E-state index in [1.54, 1.807) is 24.3 Å². The molecule has 6 aliphatic rings. The molecule has 12 amide bonds. The first-order valence-electron chi connectivity index (χ1n) is 44.2. The lowest BCUT2D eigenvalue weighted by molar-refractivity contribution is -0.140. The van der Waals surface area contributed by atoms with Crippen molar-refractivity contribution in [2.75, 3.05) is 157 Å². The second-order valence-electron chi connectivity index (χ2n) is 35.3. The molecule has 0 radical (unpaired) electrons. The predicted octanol–water partition coefficient (Wildman–Crippen LogP) is 5.32. The first-order valence-corrected chi connectivity index (χ1v) is 63.9. The van der Waals surface area contributed by atoms with Gasteiger partial charge in [0.05, 0.1) is 17.0 Å². The minimum Gasteiger partial charge on any atom is -0.508 e.